The molecule has 0 amide bonds. The second kappa shape index (κ2) is 9.77. The van der Waals surface area contributed by atoms with Crippen LogP contribution in [0.4, 0.5) is 0 Å². The van der Waals surface area contributed by atoms with Crippen LogP contribution in [0.15, 0.2) is 33.9 Å². The molecular weight excluding hydrogens is 453 g/mol. The molecule has 0 aliphatic rings. The Labute approximate surface area is 177 Å². The average molecular weight is 481 g/mol. The lowest BCUT2D eigenvalue weighted by Gasteiger charge is -2.12. The molecule has 0 aliphatic carbocycles. The van der Waals surface area contributed by atoms with Crippen LogP contribution in [0.5, 0.6) is 0 Å². The van der Waals surface area contributed by atoms with Crippen molar-refractivity contribution in [1.29, 1.82) is 0 Å². The topological polar surface area (TPSA) is 78.2 Å². The number of benzene rings is 1. The molecule has 0 radical (unpaired) electrons. The van der Waals surface area contributed by atoms with Crippen molar-refractivity contribution in [2.75, 3.05) is 20.1 Å². The maximum absolute atomic E-state index is 5.20. The first-order valence-corrected chi connectivity index (χ1v) is 9.02. The minimum atomic E-state index is 0. The van der Waals surface area contributed by atoms with Gasteiger partial charge >= 0.3 is 0 Å². The molecule has 3 N–H and O–H groups in total. The Morgan fingerprint density at radius 3 is 2.56 bits per heavy atom. The van der Waals surface area contributed by atoms with Crippen LogP contribution in [0.2, 0.25) is 0 Å². The first-order valence-electron chi connectivity index (χ1n) is 9.02. The van der Waals surface area contributed by atoms with Crippen LogP contribution in [0, 0.1) is 20.8 Å². The standard InChI is InChI=1S/C20H27N5O.HI/c1-13-6-5-7-18-19(13)16(12-24-18)8-10-22-20(21-4)23-11-9-17-14(2)25-26-15(17)3;/h5-7,12,24H,8-11H2,1-4H3,(H2,21,22,23);1H. The summed E-state index contributed by atoms with van der Waals surface area (Å²) in [5.74, 6) is 1.70. The van der Waals surface area contributed by atoms with E-state index in [1.165, 1.54) is 27.6 Å². The van der Waals surface area contributed by atoms with Crippen LogP contribution >= 0.6 is 24.0 Å². The Bertz CT molecular complexity index is 893. The molecule has 0 fully saturated rings. The number of aromatic nitrogens is 2. The van der Waals surface area contributed by atoms with E-state index >= 15 is 0 Å². The summed E-state index contributed by atoms with van der Waals surface area (Å²) in [4.78, 5) is 7.65. The van der Waals surface area contributed by atoms with Gasteiger partial charge in [-0.25, -0.2) is 0 Å². The smallest absolute Gasteiger partial charge is 0.190 e. The zero-order valence-corrected chi connectivity index (χ0v) is 18.7. The van der Waals surface area contributed by atoms with E-state index in [4.69, 9.17) is 4.52 Å². The third-order valence-corrected chi connectivity index (χ3v) is 4.75. The molecule has 0 saturated carbocycles. The molecule has 2 heterocycles. The number of hydrogen-bond donors (Lipinski definition) is 3. The highest BCUT2D eigenvalue weighted by Crippen LogP contribution is 2.22. The Kier molecular flexibility index (Phi) is 7.70. The molecule has 7 heteroatoms. The molecule has 0 unspecified atom stereocenters. The maximum atomic E-state index is 5.20. The molecule has 0 aliphatic heterocycles. The summed E-state index contributed by atoms with van der Waals surface area (Å²) in [6, 6.07) is 6.36. The van der Waals surface area contributed by atoms with E-state index in [1.54, 1.807) is 7.05 Å². The van der Waals surface area contributed by atoms with E-state index in [0.29, 0.717) is 0 Å². The first-order chi connectivity index (χ1) is 12.6. The highest BCUT2D eigenvalue weighted by Gasteiger charge is 2.09. The Hall–Kier alpha value is -2.03. The van der Waals surface area contributed by atoms with Gasteiger partial charge in [0.25, 0.3) is 0 Å². The van der Waals surface area contributed by atoms with Crippen LogP contribution in [-0.4, -0.2) is 36.2 Å². The third kappa shape index (κ3) is 5.03. The van der Waals surface area contributed by atoms with Gasteiger partial charge in [-0.05, 0) is 50.8 Å². The van der Waals surface area contributed by atoms with Crippen molar-refractivity contribution < 1.29 is 4.52 Å². The highest BCUT2D eigenvalue weighted by atomic mass is 127. The van der Waals surface area contributed by atoms with E-state index in [9.17, 15) is 0 Å². The van der Waals surface area contributed by atoms with Gasteiger partial charge in [0.1, 0.15) is 5.76 Å². The van der Waals surface area contributed by atoms with E-state index in [2.05, 4.69) is 57.1 Å². The second-order valence-corrected chi connectivity index (χ2v) is 6.54. The minimum Gasteiger partial charge on any atom is -0.361 e. The highest BCUT2D eigenvalue weighted by molar-refractivity contribution is 14.0. The number of aromatic amines is 1. The molecule has 1 aromatic carbocycles. The predicted octanol–water partition coefficient (Wildman–Crippen LogP) is 3.65. The van der Waals surface area contributed by atoms with Gasteiger partial charge < -0.3 is 20.1 Å². The van der Waals surface area contributed by atoms with Gasteiger partial charge in [-0.3, -0.25) is 4.99 Å². The number of aryl methyl sites for hydroxylation is 3. The fourth-order valence-electron chi connectivity index (χ4n) is 3.35. The molecule has 0 bridgehead atoms. The van der Waals surface area contributed by atoms with Crippen LogP contribution in [0.3, 0.4) is 0 Å². The lowest BCUT2D eigenvalue weighted by Crippen LogP contribution is -2.39. The van der Waals surface area contributed by atoms with Gasteiger partial charge in [0.15, 0.2) is 5.96 Å². The van der Waals surface area contributed by atoms with Gasteiger partial charge in [0, 0.05) is 42.8 Å². The fraction of sp³-hybridized carbons (Fsp3) is 0.400. The quantitative estimate of drug-likeness (QED) is 0.286. The number of rotatable bonds is 6. The Morgan fingerprint density at radius 1 is 1.15 bits per heavy atom. The van der Waals surface area contributed by atoms with Gasteiger partial charge in [-0.15, -0.1) is 24.0 Å². The summed E-state index contributed by atoms with van der Waals surface area (Å²) in [5.41, 5.74) is 5.96. The van der Waals surface area contributed by atoms with Crippen LogP contribution < -0.4 is 10.6 Å². The van der Waals surface area contributed by atoms with E-state index in [1.807, 2.05) is 13.8 Å². The SMILES string of the molecule is CN=C(NCCc1c(C)noc1C)NCCc1c[nH]c2cccc(C)c12.I. The van der Waals surface area contributed by atoms with Crippen molar-refractivity contribution in [3.63, 3.8) is 0 Å². The van der Waals surface area contributed by atoms with E-state index < -0.39 is 0 Å². The average Bonchev–Trinajstić information content (AvgIpc) is 3.19. The molecule has 3 aromatic rings. The van der Waals surface area contributed by atoms with Crippen molar-refractivity contribution in [3.05, 3.63) is 52.5 Å². The Morgan fingerprint density at radius 2 is 1.89 bits per heavy atom. The lowest BCUT2D eigenvalue weighted by atomic mass is 10.1. The second-order valence-electron chi connectivity index (χ2n) is 6.54. The van der Waals surface area contributed by atoms with Gasteiger partial charge in [0.05, 0.1) is 5.69 Å². The summed E-state index contributed by atoms with van der Waals surface area (Å²) in [6.07, 6.45) is 3.91. The molecule has 0 spiro atoms. The van der Waals surface area contributed by atoms with Crippen molar-refractivity contribution in [2.24, 2.45) is 4.99 Å². The molecule has 146 valence electrons. The Balaban J connectivity index is 0.00000261. The molecule has 0 atom stereocenters. The number of nitrogens with zero attached hydrogens (tertiary/aromatic N) is 2. The van der Waals surface area contributed by atoms with E-state index in [0.717, 1.165) is 43.3 Å². The molecule has 6 nitrogen and oxygen atoms in total. The van der Waals surface area contributed by atoms with Crippen molar-refractivity contribution in [3.8, 4) is 0 Å². The van der Waals surface area contributed by atoms with Gasteiger partial charge in [-0.2, -0.15) is 0 Å². The normalized spacial score (nSPS) is 11.5. The number of aliphatic imine (C=N–C) groups is 1. The van der Waals surface area contributed by atoms with Crippen LogP contribution in [0.1, 0.15) is 28.1 Å². The summed E-state index contributed by atoms with van der Waals surface area (Å²) in [7, 11) is 1.79. The van der Waals surface area contributed by atoms with Crippen molar-refractivity contribution in [2.45, 2.75) is 33.6 Å². The molecule has 27 heavy (non-hydrogen) atoms. The fourth-order valence-corrected chi connectivity index (χ4v) is 3.35. The number of guanidine groups is 1. The maximum Gasteiger partial charge on any atom is 0.190 e. The summed E-state index contributed by atoms with van der Waals surface area (Å²) in [5, 5.41) is 12.1. The van der Waals surface area contributed by atoms with Crippen molar-refractivity contribution in [1.82, 2.24) is 20.8 Å². The number of nitrogens with one attached hydrogen (secondary N) is 3. The summed E-state index contributed by atoms with van der Waals surface area (Å²) >= 11 is 0. The molecule has 3 rings (SSSR count). The van der Waals surface area contributed by atoms with Gasteiger partial charge in [-0.1, -0.05) is 17.3 Å². The number of fused-ring (bicyclic) bond motifs is 1. The van der Waals surface area contributed by atoms with Crippen LogP contribution in [-0.2, 0) is 12.8 Å². The largest absolute Gasteiger partial charge is 0.361 e. The summed E-state index contributed by atoms with van der Waals surface area (Å²) < 4.78 is 5.20. The number of hydrogen-bond acceptors (Lipinski definition) is 3. The van der Waals surface area contributed by atoms with Gasteiger partial charge in [0.2, 0.25) is 0 Å². The predicted molar refractivity (Wildman–Crippen MR) is 121 cm³/mol. The molecule has 2 aromatic heterocycles. The zero-order valence-electron chi connectivity index (χ0n) is 16.3. The molecule has 0 saturated heterocycles. The lowest BCUT2D eigenvalue weighted by molar-refractivity contribution is 0.392. The number of H-pyrrole nitrogens is 1. The molecular formula is C20H28IN5O. The van der Waals surface area contributed by atoms with Crippen LogP contribution in [0.25, 0.3) is 10.9 Å². The summed E-state index contributed by atoms with van der Waals surface area (Å²) in [6.45, 7) is 7.69. The monoisotopic (exact) mass is 481 g/mol. The minimum absolute atomic E-state index is 0. The third-order valence-electron chi connectivity index (χ3n) is 4.75. The van der Waals surface area contributed by atoms with Crippen molar-refractivity contribution >= 4 is 40.8 Å². The number of halogens is 1. The first kappa shape index (κ1) is 21.3. The zero-order chi connectivity index (χ0) is 18.5. The van der Waals surface area contributed by atoms with E-state index in [-0.39, 0.29) is 24.0 Å².